The molecule has 1 saturated carbocycles. The zero-order chi connectivity index (χ0) is 23.2. The first kappa shape index (κ1) is 22.7. The highest BCUT2D eigenvalue weighted by molar-refractivity contribution is 5.97. The molecule has 174 valence electrons. The van der Waals surface area contributed by atoms with E-state index in [2.05, 4.69) is 10.6 Å². The number of hydrogen-bond donors (Lipinski definition) is 2. The number of benzene rings is 2. The number of ether oxygens (including phenoxy) is 3. The summed E-state index contributed by atoms with van der Waals surface area (Å²) < 4.78 is 17.0. The topological polar surface area (TPSA) is 85.9 Å². The standard InChI is InChI=1S/C26H30N2O5/c1-3-32-22-11-7-5-9-19(22)16-27-25(29)18-12-13-23-20(14-18)28-26(30)24(33-23)15-17-8-4-6-10-21(17)31-2/h4-11,15,18,20,23H,3,12-14,16H2,1-2H3,(H,27,29)(H,28,30)/b24-15-. The molecule has 0 radical (unpaired) electrons. The van der Waals surface area contributed by atoms with Crippen LogP contribution in [0.15, 0.2) is 54.3 Å². The molecule has 0 spiro atoms. The number of amides is 2. The van der Waals surface area contributed by atoms with E-state index in [-0.39, 0.29) is 35.6 Å². The summed E-state index contributed by atoms with van der Waals surface area (Å²) in [4.78, 5) is 25.5. The highest BCUT2D eigenvalue weighted by Gasteiger charge is 2.40. The van der Waals surface area contributed by atoms with E-state index in [1.54, 1.807) is 13.2 Å². The third-order valence-electron chi connectivity index (χ3n) is 6.13. The van der Waals surface area contributed by atoms with Crippen molar-refractivity contribution in [1.29, 1.82) is 0 Å². The lowest BCUT2D eigenvalue weighted by molar-refractivity contribution is -0.134. The summed E-state index contributed by atoms with van der Waals surface area (Å²) in [5.74, 6) is 1.28. The van der Waals surface area contributed by atoms with Gasteiger partial charge in [-0.05, 0) is 44.4 Å². The highest BCUT2D eigenvalue weighted by atomic mass is 16.5. The van der Waals surface area contributed by atoms with E-state index in [0.717, 1.165) is 16.9 Å². The highest BCUT2D eigenvalue weighted by Crippen LogP contribution is 2.32. The van der Waals surface area contributed by atoms with Crippen LogP contribution in [0.3, 0.4) is 0 Å². The van der Waals surface area contributed by atoms with E-state index in [9.17, 15) is 9.59 Å². The molecule has 1 aliphatic heterocycles. The van der Waals surface area contributed by atoms with Gasteiger partial charge in [-0.1, -0.05) is 36.4 Å². The van der Waals surface area contributed by atoms with Gasteiger partial charge in [0.15, 0.2) is 5.76 Å². The predicted octanol–water partition coefficient (Wildman–Crippen LogP) is 3.43. The van der Waals surface area contributed by atoms with Crippen LogP contribution in [0.5, 0.6) is 11.5 Å². The maximum Gasteiger partial charge on any atom is 0.286 e. The predicted molar refractivity (Wildman–Crippen MR) is 125 cm³/mol. The van der Waals surface area contributed by atoms with Crippen LogP contribution < -0.4 is 20.1 Å². The molecule has 7 nitrogen and oxygen atoms in total. The van der Waals surface area contributed by atoms with Crippen molar-refractivity contribution < 1.29 is 23.8 Å². The van der Waals surface area contributed by atoms with Crippen molar-refractivity contribution in [1.82, 2.24) is 10.6 Å². The molecular weight excluding hydrogens is 420 g/mol. The monoisotopic (exact) mass is 450 g/mol. The third-order valence-corrected chi connectivity index (χ3v) is 6.13. The van der Waals surface area contributed by atoms with Crippen LogP contribution in [0.25, 0.3) is 6.08 Å². The molecule has 0 aromatic heterocycles. The van der Waals surface area contributed by atoms with Crippen molar-refractivity contribution in [3.05, 3.63) is 65.4 Å². The van der Waals surface area contributed by atoms with E-state index in [0.29, 0.717) is 38.2 Å². The Kier molecular flexibility index (Phi) is 7.17. The van der Waals surface area contributed by atoms with Crippen LogP contribution in [-0.4, -0.2) is 37.7 Å². The van der Waals surface area contributed by atoms with Gasteiger partial charge in [-0.2, -0.15) is 0 Å². The van der Waals surface area contributed by atoms with Gasteiger partial charge in [0.2, 0.25) is 5.91 Å². The van der Waals surface area contributed by atoms with Gasteiger partial charge in [0.1, 0.15) is 17.6 Å². The van der Waals surface area contributed by atoms with Crippen LogP contribution in [0.1, 0.15) is 37.3 Å². The van der Waals surface area contributed by atoms with Gasteiger partial charge in [-0.15, -0.1) is 0 Å². The zero-order valence-corrected chi connectivity index (χ0v) is 19.0. The minimum Gasteiger partial charge on any atom is -0.496 e. The summed E-state index contributed by atoms with van der Waals surface area (Å²) in [5, 5.41) is 6.07. The Morgan fingerprint density at radius 3 is 2.70 bits per heavy atom. The molecule has 2 aromatic carbocycles. The molecule has 1 aliphatic carbocycles. The summed E-state index contributed by atoms with van der Waals surface area (Å²) in [6.45, 7) is 2.92. The number of rotatable bonds is 7. The number of morpholine rings is 1. The lowest BCUT2D eigenvalue weighted by atomic mass is 9.82. The third kappa shape index (κ3) is 5.30. The smallest absolute Gasteiger partial charge is 0.286 e. The second kappa shape index (κ2) is 10.4. The molecule has 7 heteroatoms. The van der Waals surface area contributed by atoms with Crippen LogP contribution in [0, 0.1) is 5.92 Å². The molecule has 2 amide bonds. The Balaban J connectivity index is 1.36. The number of carbonyl (C=O) groups is 2. The first-order valence-electron chi connectivity index (χ1n) is 11.4. The Labute approximate surface area is 194 Å². The van der Waals surface area contributed by atoms with Gasteiger partial charge in [0, 0.05) is 23.6 Å². The number of fused-ring (bicyclic) bond motifs is 1. The van der Waals surface area contributed by atoms with Gasteiger partial charge in [-0.25, -0.2) is 0 Å². The fraction of sp³-hybridized carbons (Fsp3) is 0.385. The summed E-state index contributed by atoms with van der Waals surface area (Å²) >= 11 is 0. The summed E-state index contributed by atoms with van der Waals surface area (Å²) in [6, 6.07) is 15.0. The largest absolute Gasteiger partial charge is 0.496 e. The van der Waals surface area contributed by atoms with Gasteiger partial charge in [-0.3, -0.25) is 9.59 Å². The van der Waals surface area contributed by atoms with Crippen LogP contribution in [0.4, 0.5) is 0 Å². The number of para-hydroxylation sites is 2. The van der Waals surface area contributed by atoms with E-state index in [1.165, 1.54) is 0 Å². The number of hydrogen-bond acceptors (Lipinski definition) is 5. The average molecular weight is 451 g/mol. The second-order valence-corrected chi connectivity index (χ2v) is 8.26. The quantitative estimate of drug-likeness (QED) is 0.632. The molecule has 4 rings (SSSR count). The van der Waals surface area contributed by atoms with Gasteiger partial charge in [0.25, 0.3) is 5.91 Å². The number of methoxy groups -OCH3 is 1. The fourth-order valence-electron chi connectivity index (χ4n) is 4.43. The van der Waals surface area contributed by atoms with Crippen LogP contribution >= 0.6 is 0 Å². The lowest BCUT2D eigenvalue weighted by Gasteiger charge is -2.39. The number of carbonyl (C=O) groups excluding carboxylic acids is 2. The normalized spacial score (nSPS) is 23.2. The molecule has 2 fully saturated rings. The van der Waals surface area contributed by atoms with Crippen LogP contribution in [-0.2, 0) is 20.9 Å². The van der Waals surface area contributed by atoms with Crippen molar-refractivity contribution >= 4 is 17.9 Å². The molecule has 2 aliphatic rings. The molecular formula is C26H30N2O5. The summed E-state index contributed by atoms with van der Waals surface area (Å²) in [6.07, 6.45) is 3.52. The molecule has 33 heavy (non-hydrogen) atoms. The summed E-state index contributed by atoms with van der Waals surface area (Å²) in [7, 11) is 1.59. The zero-order valence-electron chi connectivity index (χ0n) is 19.0. The minimum atomic E-state index is -0.270. The molecule has 1 heterocycles. The van der Waals surface area contributed by atoms with Gasteiger partial charge in [0.05, 0.1) is 19.8 Å². The van der Waals surface area contributed by atoms with Crippen molar-refractivity contribution in [2.45, 2.75) is 44.9 Å². The van der Waals surface area contributed by atoms with Crippen molar-refractivity contribution in [3.63, 3.8) is 0 Å². The van der Waals surface area contributed by atoms with Gasteiger partial charge < -0.3 is 24.8 Å². The first-order chi connectivity index (χ1) is 16.1. The maximum atomic E-state index is 12.8. The fourth-order valence-corrected chi connectivity index (χ4v) is 4.43. The first-order valence-corrected chi connectivity index (χ1v) is 11.4. The van der Waals surface area contributed by atoms with Crippen LogP contribution in [0.2, 0.25) is 0 Å². The second-order valence-electron chi connectivity index (χ2n) is 8.26. The lowest BCUT2D eigenvalue weighted by Crippen LogP contribution is -2.54. The van der Waals surface area contributed by atoms with Gasteiger partial charge >= 0.3 is 0 Å². The Morgan fingerprint density at radius 1 is 1.15 bits per heavy atom. The Morgan fingerprint density at radius 2 is 1.91 bits per heavy atom. The SMILES string of the molecule is CCOc1ccccc1CNC(=O)C1CCC2O/C(=C\c3ccccc3OC)C(=O)NC2C1. The summed E-state index contributed by atoms with van der Waals surface area (Å²) in [5.41, 5.74) is 1.73. The average Bonchev–Trinajstić information content (AvgIpc) is 2.84. The van der Waals surface area contributed by atoms with E-state index in [1.807, 2.05) is 55.5 Å². The Bertz CT molecular complexity index is 1030. The van der Waals surface area contributed by atoms with E-state index in [4.69, 9.17) is 14.2 Å². The van der Waals surface area contributed by atoms with Crippen molar-refractivity contribution in [2.24, 2.45) is 5.92 Å². The minimum absolute atomic E-state index is 0.00985. The molecule has 2 N–H and O–H groups in total. The molecule has 3 unspecified atom stereocenters. The number of nitrogens with one attached hydrogen (secondary N) is 2. The van der Waals surface area contributed by atoms with E-state index < -0.39 is 0 Å². The van der Waals surface area contributed by atoms with Crippen molar-refractivity contribution in [3.8, 4) is 11.5 Å². The molecule has 0 bridgehead atoms. The van der Waals surface area contributed by atoms with E-state index >= 15 is 0 Å². The molecule has 3 atom stereocenters. The molecule has 2 aromatic rings. The van der Waals surface area contributed by atoms with Crippen molar-refractivity contribution in [2.75, 3.05) is 13.7 Å². The maximum absolute atomic E-state index is 12.8. The Hall–Kier alpha value is -3.48. The molecule has 1 saturated heterocycles.